The minimum Gasteiger partial charge on any atom is -0.352 e. The molecule has 0 aliphatic heterocycles. The number of carbonyl (C=O) groups excluding carboxylic acids is 2. The van der Waals surface area contributed by atoms with Crippen LogP contribution in [0.5, 0.6) is 0 Å². The molecule has 1 aliphatic carbocycles. The number of benzene rings is 1. The van der Waals surface area contributed by atoms with E-state index in [9.17, 15) is 9.59 Å². The monoisotopic (exact) mass is 381 g/mol. The first-order valence-electron chi connectivity index (χ1n) is 9.32. The highest BCUT2D eigenvalue weighted by Gasteiger charge is 2.25. The third-order valence-corrected chi connectivity index (χ3v) is 5.07. The molecular weight excluding hydrogens is 350 g/mol. The smallest absolute Gasteiger partial charge is 0.222 e. The van der Waals surface area contributed by atoms with E-state index in [4.69, 9.17) is 5.73 Å². The summed E-state index contributed by atoms with van der Waals surface area (Å²) in [5, 5.41) is 5.99. The van der Waals surface area contributed by atoms with Crippen LogP contribution in [0.2, 0.25) is 0 Å². The average Bonchev–Trinajstić information content (AvgIpc) is 2.60. The molecular formula is C20H32ClN3O2. The van der Waals surface area contributed by atoms with Crippen LogP contribution in [0.25, 0.3) is 0 Å². The molecule has 1 aromatic carbocycles. The number of aryl methyl sites for hydroxylation is 1. The Morgan fingerprint density at radius 2 is 1.73 bits per heavy atom. The minimum atomic E-state index is -0.317. The zero-order valence-corrected chi connectivity index (χ0v) is 16.6. The Balaban J connectivity index is 0.00000338. The number of carbonyl (C=O) groups is 2. The zero-order chi connectivity index (χ0) is 18.2. The molecule has 0 bridgehead atoms. The van der Waals surface area contributed by atoms with Crippen molar-refractivity contribution < 1.29 is 9.59 Å². The van der Waals surface area contributed by atoms with Gasteiger partial charge in [0.25, 0.3) is 0 Å². The van der Waals surface area contributed by atoms with E-state index >= 15 is 0 Å². The van der Waals surface area contributed by atoms with Crippen molar-refractivity contribution in [2.75, 3.05) is 6.54 Å². The lowest BCUT2D eigenvalue weighted by Gasteiger charge is -2.30. The van der Waals surface area contributed by atoms with Crippen LogP contribution in [0.1, 0.15) is 62.6 Å². The van der Waals surface area contributed by atoms with Crippen LogP contribution in [0, 0.1) is 12.8 Å². The molecule has 2 atom stereocenters. The first-order chi connectivity index (χ1) is 12.0. The van der Waals surface area contributed by atoms with Crippen molar-refractivity contribution >= 4 is 24.2 Å². The highest BCUT2D eigenvalue weighted by molar-refractivity contribution is 5.85. The Labute approximate surface area is 162 Å². The number of nitrogens with two attached hydrogens (primary N) is 1. The van der Waals surface area contributed by atoms with Gasteiger partial charge in [0.15, 0.2) is 0 Å². The zero-order valence-electron chi connectivity index (χ0n) is 15.8. The second-order valence-corrected chi connectivity index (χ2v) is 7.18. The fraction of sp³-hybridized carbons (Fsp3) is 0.600. The molecule has 5 nitrogen and oxygen atoms in total. The van der Waals surface area contributed by atoms with Gasteiger partial charge in [0, 0.05) is 19.5 Å². The number of halogens is 1. The van der Waals surface area contributed by atoms with Crippen LogP contribution in [-0.2, 0) is 9.59 Å². The molecule has 0 heterocycles. The standard InChI is InChI=1S/C20H31N3O2.ClH/c1-14-8-10-17(11-9-14)18(22-15(2)24)12-20(25)23-19(13-21)16-6-4-3-5-7-16;/h8-11,16,18-19H,3-7,12-13,21H2,1-2H3,(H,22,24)(H,23,25);1H. The first-order valence-corrected chi connectivity index (χ1v) is 9.32. The number of hydrogen-bond donors (Lipinski definition) is 3. The predicted molar refractivity (Wildman–Crippen MR) is 107 cm³/mol. The van der Waals surface area contributed by atoms with Crippen LogP contribution in [0.15, 0.2) is 24.3 Å². The maximum atomic E-state index is 12.6. The van der Waals surface area contributed by atoms with Gasteiger partial charge in [0.05, 0.1) is 12.5 Å². The van der Waals surface area contributed by atoms with Gasteiger partial charge in [0.1, 0.15) is 0 Å². The van der Waals surface area contributed by atoms with Gasteiger partial charge in [-0.2, -0.15) is 0 Å². The highest BCUT2D eigenvalue weighted by Crippen LogP contribution is 2.26. The maximum absolute atomic E-state index is 12.6. The lowest BCUT2D eigenvalue weighted by atomic mass is 9.84. The summed E-state index contributed by atoms with van der Waals surface area (Å²) < 4.78 is 0. The summed E-state index contributed by atoms with van der Waals surface area (Å²) in [4.78, 5) is 24.1. The molecule has 1 fully saturated rings. The van der Waals surface area contributed by atoms with Gasteiger partial charge in [0.2, 0.25) is 11.8 Å². The lowest BCUT2D eigenvalue weighted by molar-refractivity contribution is -0.123. The van der Waals surface area contributed by atoms with E-state index in [0.29, 0.717) is 12.5 Å². The Bertz CT molecular complexity index is 571. The molecule has 0 aromatic heterocycles. The Morgan fingerprint density at radius 1 is 1.12 bits per heavy atom. The summed E-state index contributed by atoms with van der Waals surface area (Å²) in [6.45, 7) is 3.95. The number of nitrogens with one attached hydrogen (secondary N) is 2. The fourth-order valence-electron chi connectivity index (χ4n) is 3.65. The van der Waals surface area contributed by atoms with E-state index < -0.39 is 0 Å². The fourth-order valence-corrected chi connectivity index (χ4v) is 3.65. The Hall–Kier alpha value is -1.59. The van der Waals surface area contributed by atoms with Crippen molar-refractivity contribution in [1.29, 1.82) is 0 Å². The van der Waals surface area contributed by atoms with Crippen molar-refractivity contribution in [3.8, 4) is 0 Å². The molecule has 0 spiro atoms. The SMILES string of the molecule is CC(=O)NC(CC(=O)NC(CN)C1CCCCC1)c1ccc(C)cc1.Cl. The van der Waals surface area contributed by atoms with E-state index in [1.807, 2.05) is 31.2 Å². The van der Waals surface area contributed by atoms with E-state index in [0.717, 1.165) is 24.0 Å². The quantitative estimate of drug-likeness (QED) is 0.678. The third-order valence-electron chi connectivity index (χ3n) is 5.07. The topological polar surface area (TPSA) is 84.2 Å². The third kappa shape index (κ3) is 6.96. The van der Waals surface area contributed by atoms with Crippen LogP contribution in [-0.4, -0.2) is 24.4 Å². The molecule has 0 saturated heterocycles. The van der Waals surface area contributed by atoms with Crippen LogP contribution < -0.4 is 16.4 Å². The summed E-state index contributed by atoms with van der Waals surface area (Å²) in [5.41, 5.74) is 8.00. The molecule has 2 amide bonds. The Morgan fingerprint density at radius 3 is 2.27 bits per heavy atom. The molecule has 146 valence electrons. The van der Waals surface area contributed by atoms with Gasteiger partial charge in [-0.1, -0.05) is 49.1 Å². The average molecular weight is 382 g/mol. The molecule has 2 rings (SSSR count). The summed E-state index contributed by atoms with van der Waals surface area (Å²) in [7, 11) is 0. The molecule has 4 N–H and O–H groups in total. The molecule has 2 unspecified atom stereocenters. The number of hydrogen-bond acceptors (Lipinski definition) is 3. The van der Waals surface area contributed by atoms with Crippen molar-refractivity contribution in [2.24, 2.45) is 11.7 Å². The van der Waals surface area contributed by atoms with Gasteiger partial charge in [-0.3, -0.25) is 9.59 Å². The highest BCUT2D eigenvalue weighted by atomic mass is 35.5. The van der Waals surface area contributed by atoms with Crippen molar-refractivity contribution in [2.45, 2.75) is 64.5 Å². The van der Waals surface area contributed by atoms with Gasteiger partial charge in [-0.15, -0.1) is 12.4 Å². The van der Waals surface area contributed by atoms with Gasteiger partial charge in [-0.05, 0) is 31.2 Å². The van der Waals surface area contributed by atoms with E-state index in [1.54, 1.807) is 0 Å². The predicted octanol–water partition coefficient (Wildman–Crippen LogP) is 3.01. The van der Waals surface area contributed by atoms with Gasteiger partial charge < -0.3 is 16.4 Å². The number of rotatable bonds is 7. The first kappa shape index (κ1) is 22.5. The van der Waals surface area contributed by atoms with E-state index in [2.05, 4.69) is 10.6 Å². The summed E-state index contributed by atoms with van der Waals surface area (Å²) in [5.74, 6) is 0.280. The maximum Gasteiger partial charge on any atom is 0.222 e. The van der Waals surface area contributed by atoms with Crippen molar-refractivity contribution in [1.82, 2.24) is 10.6 Å². The summed E-state index contributed by atoms with van der Waals surface area (Å²) >= 11 is 0. The van der Waals surface area contributed by atoms with Crippen molar-refractivity contribution in [3.63, 3.8) is 0 Å². The molecule has 1 aliphatic rings. The second-order valence-electron chi connectivity index (χ2n) is 7.18. The molecule has 26 heavy (non-hydrogen) atoms. The summed E-state index contributed by atoms with van der Waals surface area (Å²) in [6, 6.07) is 7.63. The van der Waals surface area contributed by atoms with Gasteiger partial charge >= 0.3 is 0 Å². The minimum absolute atomic E-state index is 0. The second kappa shape index (κ2) is 11.2. The number of amides is 2. The van der Waals surface area contributed by atoms with E-state index in [-0.39, 0.29) is 42.7 Å². The van der Waals surface area contributed by atoms with Crippen LogP contribution >= 0.6 is 12.4 Å². The largest absolute Gasteiger partial charge is 0.352 e. The normalized spacial score (nSPS) is 16.9. The van der Waals surface area contributed by atoms with Crippen molar-refractivity contribution in [3.05, 3.63) is 35.4 Å². The molecule has 0 radical (unpaired) electrons. The molecule has 6 heteroatoms. The molecule has 1 saturated carbocycles. The Kier molecular flexibility index (Phi) is 9.66. The van der Waals surface area contributed by atoms with Gasteiger partial charge in [-0.25, -0.2) is 0 Å². The van der Waals surface area contributed by atoms with Crippen LogP contribution in [0.4, 0.5) is 0 Å². The lowest BCUT2D eigenvalue weighted by Crippen LogP contribution is -2.46. The summed E-state index contributed by atoms with van der Waals surface area (Å²) in [6.07, 6.45) is 6.21. The van der Waals surface area contributed by atoms with E-state index in [1.165, 1.54) is 26.2 Å². The van der Waals surface area contributed by atoms with Crippen LogP contribution in [0.3, 0.4) is 0 Å². The molecule has 1 aromatic rings.